The number of phosphoric ester groups is 1. The van der Waals surface area contributed by atoms with Gasteiger partial charge in [0, 0.05) is 11.6 Å². The maximum absolute atomic E-state index is 13.1. The molecule has 7 nitrogen and oxygen atoms in total. The van der Waals surface area contributed by atoms with Crippen LogP contribution in [-0.2, 0) is 22.9 Å². The summed E-state index contributed by atoms with van der Waals surface area (Å²) in [6.45, 7) is 12.1. The van der Waals surface area contributed by atoms with Gasteiger partial charge >= 0.3 is 13.9 Å². The van der Waals surface area contributed by atoms with Crippen LogP contribution in [0.25, 0.3) is 10.9 Å². The first kappa shape index (κ1) is 22.6. The maximum atomic E-state index is 13.1. The second-order valence-corrected chi connectivity index (χ2v) is 10.1. The number of benzene rings is 1. The Labute approximate surface area is 166 Å². The molecule has 0 saturated carbocycles. The molecule has 156 valence electrons. The molecule has 1 atom stereocenters. The van der Waals surface area contributed by atoms with Crippen molar-refractivity contribution >= 4 is 24.8 Å². The van der Waals surface area contributed by atoms with Gasteiger partial charge in [0.25, 0.3) is 0 Å². The van der Waals surface area contributed by atoms with Gasteiger partial charge in [-0.25, -0.2) is 9.36 Å². The van der Waals surface area contributed by atoms with Crippen molar-refractivity contribution in [3.05, 3.63) is 36.5 Å². The zero-order valence-electron chi connectivity index (χ0n) is 17.6. The van der Waals surface area contributed by atoms with Crippen LogP contribution in [0.2, 0.25) is 0 Å². The van der Waals surface area contributed by atoms with Crippen LogP contribution in [-0.4, -0.2) is 34.6 Å². The first-order valence-electron chi connectivity index (χ1n) is 9.21. The van der Waals surface area contributed by atoms with Crippen LogP contribution < -0.4 is 0 Å². The first-order valence-corrected chi connectivity index (χ1v) is 10.7. The molecule has 0 aliphatic rings. The van der Waals surface area contributed by atoms with Crippen molar-refractivity contribution in [3.8, 4) is 0 Å². The molecule has 0 N–H and O–H groups in total. The van der Waals surface area contributed by atoms with Crippen LogP contribution in [0.1, 0.15) is 48.5 Å². The molecule has 28 heavy (non-hydrogen) atoms. The van der Waals surface area contributed by atoms with Gasteiger partial charge in [-0.15, -0.1) is 0 Å². The van der Waals surface area contributed by atoms with Crippen molar-refractivity contribution in [2.45, 2.75) is 65.8 Å². The fourth-order valence-corrected chi connectivity index (χ4v) is 4.45. The molecule has 0 aliphatic carbocycles. The van der Waals surface area contributed by atoms with Gasteiger partial charge in [-0.1, -0.05) is 18.2 Å². The lowest BCUT2D eigenvalue weighted by atomic mass is 10.2. The molecular formula is C20H30NO6P. The lowest BCUT2D eigenvalue weighted by Crippen LogP contribution is -2.28. The Hall–Kier alpha value is -1.66. The van der Waals surface area contributed by atoms with Gasteiger partial charge in [0.2, 0.25) is 0 Å². The van der Waals surface area contributed by atoms with Crippen LogP contribution in [0.4, 0.5) is 4.79 Å². The van der Waals surface area contributed by atoms with Crippen molar-refractivity contribution in [1.29, 1.82) is 0 Å². The smallest absolute Gasteiger partial charge is 0.446 e. The summed E-state index contributed by atoms with van der Waals surface area (Å²) in [5, 5.41) is 0.936. The van der Waals surface area contributed by atoms with Crippen molar-refractivity contribution in [2.24, 2.45) is 0 Å². The highest BCUT2D eigenvalue weighted by atomic mass is 31.2. The average molecular weight is 411 g/mol. The van der Waals surface area contributed by atoms with E-state index in [1.165, 1.54) is 4.57 Å². The van der Waals surface area contributed by atoms with E-state index in [0.717, 1.165) is 10.9 Å². The monoisotopic (exact) mass is 411 g/mol. The number of para-hydroxylation sites is 1. The normalized spacial score (nSPS) is 14.2. The number of carbonyl (C=O) groups is 1. The maximum Gasteiger partial charge on any atom is 0.476 e. The highest BCUT2D eigenvalue weighted by Crippen LogP contribution is 2.56. The molecular weight excluding hydrogens is 381 g/mol. The Morgan fingerprint density at radius 3 is 2.18 bits per heavy atom. The molecule has 0 amide bonds. The van der Waals surface area contributed by atoms with Crippen LogP contribution in [0, 0.1) is 0 Å². The van der Waals surface area contributed by atoms with E-state index in [4.69, 9.17) is 18.3 Å². The number of fused-ring (bicyclic) bond motifs is 1. The van der Waals surface area contributed by atoms with E-state index >= 15 is 0 Å². The summed E-state index contributed by atoms with van der Waals surface area (Å²) >= 11 is 0. The van der Waals surface area contributed by atoms with E-state index in [-0.39, 0.29) is 6.61 Å². The summed E-state index contributed by atoms with van der Waals surface area (Å²) in [4.78, 5) is 12.4. The molecule has 0 radical (unpaired) electrons. The van der Waals surface area contributed by atoms with Crippen molar-refractivity contribution in [1.82, 2.24) is 4.57 Å². The van der Waals surface area contributed by atoms with Crippen LogP contribution >= 0.6 is 7.82 Å². The van der Waals surface area contributed by atoms with Crippen molar-refractivity contribution in [2.75, 3.05) is 6.61 Å². The second-order valence-electron chi connectivity index (χ2n) is 8.59. The van der Waals surface area contributed by atoms with Gasteiger partial charge in [-0.2, -0.15) is 0 Å². The van der Waals surface area contributed by atoms with E-state index in [1.54, 1.807) is 54.7 Å². The highest BCUT2D eigenvalue weighted by Gasteiger charge is 2.38. The molecule has 1 heterocycles. The highest BCUT2D eigenvalue weighted by molar-refractivity contribution is 7.48. The van der Waals surface area contributed by atoms with E-state index in [1.807, 2.05) is 30.3 Å². The van der Waals surface area contributed by atoms with Gasteiger partial charge in [-0.05, 0) is 60.6 Å². The molecule has 1 aromatic heterocycles. The van der Waals surface area contributed by atoms with E-state index in [9.17, 15) is 9.36 Å². The average Bonchev–Trinajstić information content (AvgIpc) is 2.92. The van der Waals surface area contributed by atoms with Crippen LogP contribution in [0.5, 0.6) is 0 Å². The topological polar surface area (TPSA) is 76.0 Å². The SMILES string of the molecule is CC(COC(=O)n1ccc2ccccc21)OP(=O)(OC(C)(C)C)OC(C)(C)C. The standard InChI is InChI=1S/C20H30NO6P/c1-15(25-28(23,26-19(2,3)4)27-20(5,6)7)14-24-18(22)21-13-12-16-10-8-9-11-17(16)21/h8-13,15H,14H2,1-7H3. The minimum atomic E-state index is -3.88. The van der Waals surface area contributed by atoms with Gasteiger partial charge in [0.15, 0.2) is 0 Å². The molecule has 2 aromatic rings. The Morgan fingerprint density at radius 2 is 1.61 bits per heavy atom. The Kier molecular flexibility index (Phi) is 6.77. The van der Waals surface area contributed by atoms with Crippen molar-refractivity contribution in [3.63, 3.8) is 0 Å². The first-order chi connectivity index (χ1) is 12.8. The predicted molar refractivity (Wildman–Crippen MR) is 109 cm³/mol. The van der Waals surface area contributed by atoms with Gasteiger partial charge in [0.05, 0.1) is 16.7 Å². The van der Waals surface area contributed by atoms with Crippen LogP contribution in [0.15, 0.2) is 36.5 Å². The number of rotatable bonds is 6. The molecule has 2 rings (SSSR count). The zero-order chi connectivity index (χ0) is 21.2. The minimum Gasteiger partial charge on any atom is -0.446 e. The third-order valence-corrected chi connectivity index (χ3v) is 5.48. The number of hydrogen-bond donors (Lipinski definition) is 0. The third-order valence-electron chi connectivity index (χ3n) is 3.32. The van der Waals surface area contributed by atoms with Crippen LogP contribution in [0.3, 0.4) is 0 Å². The summed E-state index contributed by atoms with van der Waals surface area (Å²) in [5.41, 5.74) is -0.721. The number of aromatic nitrogens is 1. The predicted octanol–water partition coefficient (Wildman–Crippen LogP) is 5.77. The summed E-state index contributed by atoms with van der Waals surface area (Å²) in [6, 6.07) is 9.32. The van der Waals surface area contributed by atoms with E-state index < -0.39 is 31.2 Å². The zero-order valence-corrected chi connectivity index (χ0v) is 18.5. The molecule has 1 aromatic carbocycles. The largest absolute Gasteiger partial charge is 0.476 e. The molecule has 0 fully saturated rings. The van der Waals surface area contributed by atoms with Gasteiger partial charge < -0.3 is 4.74 Å². The summed E-state index contributed by atoms with van der Waals surface area (Å²) in [5.74, 6) is 0. The third kappa shape index (κ3) is 6.74. The minimum absolute atomic E-state index is 0.101. The quantitative estimate of drug-likeness (QED) is 0.562. The summed E-state index contributed by atoms with van der Waals surface area (Å²) in [6.07, 6.45) is 0.413. The van der Waals surface area contributed by atoms with E-state index in [2.05, 4.69) is 0 Å². The number of nitrogens with zero attached hydrogens (tertiary/aromatic N) is 1. The Bertz CT molecular complexity index is 841. The summed E-state index contributed by atoms with van der Waals surface area (Å²) < 4.78 is 36.6. The molecule has 0 saturated heterocycles. The number of carbonyl (C=O) groups excluding carboxylic acids is 1. The van der Waals surface area contributed by atoms with Crippen molar-refractivity contribution < 1.29 is 27.7 Å². The molecule has 0 aliphatic heterocycles. The molecule has 0 bridgehead atoms. The fraction of sp³-hybridized carbons (Fsp3) is 0.550. The molecule has 1 unspecified atom stereocenters. The molecule has 8 heteroatoms. The second kappa shape index (κ2) is 8.37. The lowest BCUT2D eigenvalue weighted by Gasteiger charge is -2.32. The number of phosphoric acid groups is 1. The molecule has 0 spiro atoms. The summed E-state index contributed by atoms with van der Waals surface area (Å²) in [7, 11) is -3.88. The number of hydrogen-bond acceptors (Lipinski definition) is 6. The lowest BCUT2D eigenvalue weighted by molar-refractivity contribution is -0.0183. The fourth-order valence-electron chi connectivity index (χ4n) is 2.48. The van der Waals surface area contributed by atoms with Gasteiger partial charge in [0.1, 0.15) is 12.7 Å². The Balaban J connectivity index is 2.03. The number of ether oxygens (including phenoxy) is 1. The van der Waals surface area contributed by atoms with E-state index in [0.29, 0.717) is 0 Å². The van der Waals surface area contributed by atoms with Gasteiger partial charge in [-0.3, -0.25) is 18.1 Å². The Morgan fingerprint density at radius 1 is 1.04 bits per heavy atom.